The molecule has 0 radical (unpaired) electrons. The van der Waals surface area contributed by atoms with Crippen molar-refractivity contribution in [3.05, 3.63) is 131 Å². The lowest BCUT2D eigenvalue weighted by atomic mass is 10.1. The molecule has 3 amide bonds. The molecule has 1 N–H and O–H groups in total. The average molecular weight is 583 g/mol. The van der Waals surface area contributed by atoms with Gasteiger partial charge in [0.15, 0.2) is 0 Å². The van der Waals surface area contributed by atoms with Crippen LogP contribution in [0.4, 0.5) is 20.2 Å². The number of amides is 3. The molecule has 1 saturated heterocycles. The summed E-state index contributed by atoms with van der Waals surface area (Å²) in [6, 6.07) is 26.1. The van der Waals surface area contributed by atoms with E-state index in [1.54, 1.807) is 47.4 Å². The quantitative estimate of drug-likeness (QED) is 0.297. The van der Waals surface area contributed by atoms with E-state index in [2.05, 4.69) is 10.2 Å². The molecule has 0 unspecified atom stereocenters. The van der Waals surface area contributed by atoms with Gasteiger partial charge in [0.05, 0.1) is 0 Å². The Morgan fingerprint density at radius 1 is 0.767 bits per heavy atom. The molecule has 1 fully saturated rings. The van der Waals surface area contributed by atoms with E-state index in [0.717, 1.165) is 11.3 Å². The zero-order valence-corrected chi connectivity index (χ0v) is 23.8. The Morgan fingerprint density at radius 3 is 2.09 bits per heavy atom. The number of rotatable bonds is 8. The summed E-state index contributed by atoms with van der Waals surface area (Å²) in [5, 5.41) is 2.86. The smallest absolute Gasteiger partial charge is 0.254 e. The number of halogens is 2. The lowest BCUT2D eigenvalue weighted by Crippen LogP contribution is -2.48. The second kappa shape index (κ2) is 13.3. The Balaban J connectivity index is 1.19. The van der Waals surface area contributed by atoms with Gasteiger partial charge in [-0.3, -0.25) is 14.4 Å². The number of carbonyl (C=O) groups is 3. The van der Waals surface area contributed by atoms with Crippen LogP contribution in [0.2, 0.25) is 0 Å². The van der Waals surface area contributed by atoms with Crippen molar-refractivity contribution in [3.8, 4) is 0 Å². The molecule has 4 aromatic carbocycles. The van der Waals surface area contributed by atoms with Crippen molar-refractivity contribution < 1.29 is 23.2 Å². The minimum atomic E-state index is -0.435. The second-order valence-electron chi connectivity index (χ2n) is 10.5. The SMILES string of the molecule is Cc1ccc(C(=O)N(CC(=O)Nc2ccc(N3CCN(C(=O)c4cccc(F)c4)CC3)cc2)Cc2ccc(F)cc2)cc1. The van der Waals surface area contributed by atoms with Crippen LogP contribution in [0.1, 0.15) is 31.8 Å². The molecule has 0 atom stereocenters. The second-order valence-corrected chi connectivity index (χ2v) is 10.5. The molecular formula is C34H32F2N4O3. The maximum absolute atomic E-state index is 13.5. The van der Waals surface area contributed by atoms with Gasteiger partial charge in [0.1, 0.15) is 18.2 Å². The summed E-state index contributed by atoms with van der Waals surface area (Å²) in [5.41, 5.74) is 4.05. The number of benzene rings is 4. The first-order valence-electron chi connectivity index (χ1n) is 14.1. The molecule has 0 bridgehead atoms. The van der Waals surface area contributed by atoms with Crippen LogP contribution in [0.3, 0.4) is 0 Å². The van der Waals surface area contributed by atoms with E-state index in [1.807, 2.05) is 31.2 Å². The molecule has 1 aliphatic heterocycles. The summed E-state index contributed by atoms with van der Waals surface area (Å²) in [6.07, 6.45) is 0. The number of nitrogens with zero attached hydrogens (tertiary/aromatic N) is 3. The molecule has 0 aromatic heterocycles. The van der Waals surface area contributed by atoms with Gasteiger partial charge in [0.25, 0.3) is 11.8 Å². The monoisotopic (exact) mass is 582 g/mol. The van der Waals surface area contributed by atoms with Gasteiger partial charge in [-0.25, -0.2) is 8.78 Å². The maximum atomic E-state index is 13.5. The number of piperazine rings is 1. The summed E-state index contributed by atoms with van der Waals surface area (Å²) in [4.78, 5) is 44.4. The van der Waals surface area contributed by atoms with Crippen molar-refractivity contribution in [2.24, 2.45) is 0 Å². The third-order valence-corrected chi connectivity index (χ3v) is 7.36. The van der Waals surface area contributed by atoms with Crippen LogP contribution in [0.15, 0.2) is 97.1 Å². The number of carbonyl (C=O) groups excluding carboxylic acids is 3. The number of anilines is 2. The highest BCUT2D eigenvalue weighted by Crippen LogP contribution is 2.21. The zero-order valence-electron chi connectivity index (χ0n) is 23.8. The third kappa shape index (κ3) is 7.62. The summed E-state index contributed by atoms with van der Waals surface area (Å²) in [6.45, 7) is 4.14. The fourth-order valence-corrected chi connectivity index (χ4v) is 4.99. The molecule has 5 rings (SSSR count). The highest BCUT2D eigenvalue weighted by atomic mass is 19.1. The van der Waals surface area contributed by atoms with Crippen LogP contribution in [-0.4, -0.2) is 60.2 Å². The minimum absolute atomic E-state index is 0.146. The predicted octanol–water partition coefficient (Wildman–Crippen LogP) is 5.52. The Hall–Kier alpha value is -5.05. The van der Waals surface area contributed by atoms with Gasteiger partial charge in [0, 0.05) is 55.2 Å². The standard InChI is InChI=1S/C34H32F2N4O3/c1-24-5-9-26(10-6-24)33(42)40(22-25-7-11-28(35)12-8-25)23-32(41)37-30-13-15-31(16-14-30)38-17-19-39(20-18-38)34(43)27-3-2-4-29(36)21-27/h2-16,21H,17-20,22-23H2,1H3,(H,37,41). The van der Waals surface area contributed by atoms with Gasteiger partial charge in [-0.1, -0.05) is 35.9 Å². The lowest BCUT2D eigenvalue weighted by Gasteiger charge is -2.36. The molecular weight excluding hydrogens is 550 g/mol. The number of aryl methyl sites for hydroxylation is 1. The molecule has 4 aromatic rings. The molecule has 0 aliphatic carbocycles. The molecule has 0 saturated carbocycles. The first-order chi connectivity index (χ1) is 20.7. The van der Waals surface area contributed by atoms with Gasteiger partial charge < -0.3 is 20.0 Å². The number of nitrogens with one attached hydrogen (secondary N) is 1. The molecule has 9 heteroatoms. The van der Waals surface area contributed by atoms with Crippen LogP contribution < -0.4 is 10.2 Å². The summed E-state index contributed by atoms with van der Waals surface area (Å²) in [7, 11) is 0. The highest BCUT2D eigenvalue weighted by molar-refractivity contribution is 5.99. The van der Waals surface area contributed by atoms with Crippen LogP contribution in [0, 0.1) is 18.6 Å². The number of hydrogen-bond donors (Lipinski definition) is 1. The molecule has 1 aliphatic rings. The largest absolute Gasteiger partial charge is 0.368 e. The Labute approximate surface area is 249 Å². The van der Waals surface area contributed by atoms with Gasteiger partial charge >= 0.3 is 0 Å². The van der Waals surface area contributed by atoms with E-state index in [4.69, 9.17) is 0 Å². The van der Waals surface area contributed by atoms with Crippen molar-refractivity contribution in [2.75, 3.05) is 42.9 Å². The Morgan fingerprint density at radius 2 is 1.44 bits per heavy atom. The fourth-order valence-electron chi connectivity index (χ4n) is 4.99. The minimum Gasteiger partial charge on any atom is -0.368 e. The summed E-state index contributed by atoms with van der Waals surface area (Å²) >= 11 is 0. The van der Waals surface area contributed by atoms with Gasteiger partial charge in [-0.15, -0.1) is 0 Å². The van der Waals surface area contributed by atoms with Crippen LogP contribution in [0.5, 0.6) is 0 Å². The highest BCUT2D eigenvalue weighted by Gasteiger charge is 2.23. The van der Waals surface area contributed by atoms with Crippen molar-refractivity contribution >= 4 is 29.1 Å². The Kier molecular flexibility index (Phi) is 9.10. The molecule has 1 heterocycles. The van der Waals surface area contributed by atoms with E-state index in [1.165, 1.54) is 35.2 Å². The normalized spacial score (nSPS) is 13.0. The van der Waals surface area contributed by atoms with Crippen LogP contribution in [0.25, 0.3) is 0 Å². The Bertz CT molecular complexity index is 1580. The molecule has 0 spiro atoms. The first-order valence-corrected chi connectivity index (χ1v) is 14.1. The summed E-state index contributed by atoms with van der Waals surface area (Å²) < 4.78 is 27.0. The first kappa shape index (κ1) is 29.4. The predicted molar refractivity (Wildman–Crippen MR) is 162 cm³/mol. The molecule has 7 nitrogen and oxygen atoms in total. The van der Waals surface area contributed by atoms with Gasteiger partial charge in [-0.05, 0) is 79.2 Å². The van der Waals surface area contributed by atoms with E-state index < -0.39 is 5.82 Å². The third-order valence-electron chi connectivity index (χ3n) is 7.36. The molecule has 220 valence electrons. The lowest BCUT2D eigenvalue weighted by molar-refractivity contribution is -0.117. The van der Waals surface area contributed by atoms with E-state index in [0.29, 0.717) is 48.6 Å². The van der Waals surface area contributed by atoms with E-state index >= 15 is 0 Å². The van der Waals surface area contributed by atoms with Crippen LogP contribution in [-0.2, 0) is 11.3 Å². The molecule has 43 heavy (non-hydrogen) atoms. The zero-order chi connectivity index (χ0) is 30.3. The number of hydrogen-bond acceptors (Lipinski definition) is 4. The fraction of sp³-hybridized carbons (Fsp3) is 0.206. The van der Waals surface area contributed by atoms with Crippen molar-refractivity contribution in [1.82, 2.24) is 9.80 Å². The van der Waals surface area contributed by atoms with Crippen molar-refractivity contribution in [2.45, 2.75) is 13.5 Å². The van der Waals surface area contributed by atoms with Gasteiger partial charge in [-0.2, -0.15) is 0 Å². The van der Waals surface area contributed by atoms with E-state index in [9.17, 15) is 23.2 Å². The summed E-state index contributed by atoms with van der Waals surface area (Å²) in [5.74, 6) is -1.66. The average Bonchev–Trinajstić information content (AvgIpc) is 3.02. The van der Waals surface area contributed by atoms with Crippen molar-refractivity contribution in [1.29, 1.82) is 0 Å². The van der Waals surface area contributed by atoms with Gasteiger partial charge in [0.2, 0.25) is 5.91 Å². The topological polar surface area (TPSA) is 73.0 Å². The van der Waals surface area contributed by atoms with Crippen molar-refractivity contribution in [3.63, 3.8) is 0 Å². The van der Waals surface area contributed by atoms with E-state index in [-0.39, 0.29) is 36.6 Å². The maximum Gasteiger partial charge on any atom is 0.254 e. The van der Waals surface area contributed by atoms with Crippen LogP contribution >= 0.6 is 0 Å².